The molecule has 20 heavy (non-hydrogen) atoms. The highest BCUT2D eigenvalue weighted by atomic mass is 35.5. The van der Waals surface area contributed by atoms with Gasteiger partial charge < -0.3 is 16.2 Å². The number of hydrogen-bond acceptors (Lipinski definition) is 3. The summed E-state index contributed by atoms with van der Waals surface area (Å²) < 4.78 is 0. The van der Waals surface area contributed by atoms with Gasteiger partial charge in [-0.25, -0.2) is 4.79 Å². The van der Waals surface area contributed by atoms with Crippen LogP contribution in [-0.4, -0.2) is 23.5 Å². The third-order valence-electron chi connectivity index (χ3n) is 3.04. The molecule has 0 fully saturated rings. The van der Waals surface area contributed by atoms with E-state index in [0.29, 0.717) is 23.6 Å². The highest BCUT2D eigenvalue weighted by Crippen LogP contribution is 2.23. The molecule has 0 spiro atoms. The number of rotatable bonds is 7. The number of carbonyl (C=O) groups is 2. The molecule has 0 aliphatic heterocycles. The van der Waals surface area contributed by atoms with Crippen LogP contribution >= 0.6 is 11.6 Å². The molecule has 2 atom stereocenters. The van der Waals surface area contributed by atoms with Crippen molar-refractivity contribution in [2.75, 3.05) is 6.54 Å². The fourth-order valence-corrected chi connectivity index (χ4v) is 1.96. The molecule has 0 heterocycles. The van der Waals surface area contributed by atoms with E-state index in [2.05, 4.69) is 5.32 Å². The van der Waals surface area contributed by atoms with E-state index in [1.165, 1.54) is 0 Å². The van der Waals surface area contributed by atoms with Crippen LogP contribution in [0.5, 0.6) is 0 Å². The van der Waals surface area contributed by atoms with Crippen LogP contribution in [0.25, 0.3) is 0 Å². The molecule has 1 aromatic rings. The lowest BCUT2D eigenvalue weighted by molar-refractivity contribution is -0.142. The molecule has 4 N–H and O–H groups in total. The van der Waals surface area contributed by atoms with Gasteiger partial charge in [0.1, 0.15) is 0 Å². The van der Waals surface area contributed by atoms with Gasteiger partial charge in [0.05, 0.1) is 0 Å². The Kier molecular flexibility index (Phi) is 6.48. The average molecular weight is 299 g/mol. The summed E-state index contributed by atoms with van der Waals surface area (Å²) in [7, 11) is 0. The number of nitrogens with one attached hydrogen (secondary N) is 1. The largest absolute Gasteiger partial charge is 0.479 e. The highest BCUT2D eigenvalue weighted by molar-refractivity contribution is 6.31. The van der Waals surface area contributed by atoms with Crippen molar-refractivity contribution < 1.29 is 14.7 Å². The van der Waals surface area contributed by atoms with Crippen LogP contribution in [0, 0.1) is 5.92 Å². The molecule has 0 saturated heterocycles. The summed E-state index contributed by atoms with van der Waals surface area (Å²) in [4.78, 5) is 23.1. The zero-order valence-electron chi connectivity index (χ0n) is 11.3. The van der Waals surface area contributed by atoms with Crippen LogP contribution in [0.3, 0.4) is 0 Å². The summed E-state index contributed by atoms with van der Waals surface area (Å²) in [5.74, 6) is -1.24. The van der Waals surface area contributed by atoms with Crippen molar-refractivity contribution >= 4 is 23.5 Å². The Balaban J connectivity index is 2.72. The van der Waals surface area contributed by atoms with Gasteiger partial charge >= 0.3 is 5.97 Å². The van der Waals surface area contributed by atoms with E-state index in [1.54, 1.807) is 24.3 Å². The Bertz CT molecular complexity index is 479. The first-order chi connectivity index (χ1) is 9.45. The van der Waals surface area contributed by atoms with Crippen LogP contribution in [0.2, 0.25) is 5.02 Å². The van der Waals surface area contributed by atoms with Crippen molar-refractivity contribution in [1.82, 2.24) is 5.32 Å². The maximum atomic E-state index is 11.8. The van der Waals surface area contributed by atoms with Crippen molar-refractivity contribution in [1.29, 1.82) is 0 Å². The Morgan fingerprint density at radius 3 is 2.60 bits per heavy atom. The normalized spacial score (nSPS) is 13.6. The minimum Gasteiger partial charge on any atom is -0.479 e. The number of benzene rings is 1. The second-order valence-corrected chi connectivity index (χ2v) is 5.15. The van der Waals surface area contributed by atoms with Gasteiger partial charge in [-0.3, -0.25) is 4.79 Å². The lowest BCUT2D eigenvalue weighted by Gasteiger charge is -2.16. The smallest absolute Gasteiger partial charge is 0.330 e. The third kappa shape index (κ3) is 4.83. The Morgan fingerprint density at radius 1 is 1.40 bits per heavy atom. The Labute approximate surface area is 123 Å². The van der Waals surface area contributed by atoms with Gasteiger partial charge in [0.25, 0.3) is 0 Å². The van der Waals surface area contributed by atoms with Gasteiger partial charge in [0.15, 0.2) is 6.04 Å². The SMILES string of the molecule is CC(CN)CCC(=O)N[C@@H](C(=O)O)c1ccccc1Cl. The lowest BCUT2D eigenvalue weighted by atomic mass is 10.0. The summed E-state index contributed by atoms with van der Waals surface area (Å²) >= 11 is 5.97. The summed E-state index contributed by atoms with van der Waals surface area (Å²) in [6.45, 7) is 2.44. The number of halogens is 1. The van der Waals surface area contributed by atoms with Gasteiger partial charge in [-0.1, -0.05) is 36.7 Å². The standard InChI is InChI=1S/C14H19ClN2O3/c1-9(8-16)6-7-12(18)17-13(14(19)20)10-4-2-3-5-11(10)15/h2-5,9,13H,6-8,16H2,1H3,(H,17,18)(H,19,20)/t9?,13-/m1/s1. The summed E-state index contributed by atoms with van der Waals surface area (Å²) in [6, 6.07) is 5.43. The first-order valence-corrected chi connectivity index (χ1v) is 6.80. The Morgan fingerprint density at radius 2 is 2.05 bits per heavy atom. The Hall–Kier alpha value is -1.59. The van der Waals surface area contributed by atoms with E-state index in [9.17, 15) is 14.7 Å². The molecule has 0 radical (unpaired) electrons. The molecule has 0 aromatic heterocycles. The van der Waals surface area contributed by atoms with Crippen molar-refractivity contribution in [3.63, 3.8) is 0 Å². The molecule has 5 nitrogen and oxygen atoms in total. The predicted octanol–water partition coefficient (Wildman–Crippen LogP) is 1.96. The minimum absolute atomic E-state index is 0.226. The zero-order valence-corrected chi connectivity index (χ0v) is 12.1. The molecule has 110 valence electrons. The number of carbonyl (C=O) groups excluding carboxylic acids is 1. The molecule has 1 amide bonds. The van der Waals surface area contributed by atoms with Crippen LogP contribution in [-0.2, 0) is 9.59 Å². The van der Waals surface area contributed by atoms with E-state index in [0.717, 1.165) is 0 Å². The topological polar surface area (TPSA) is 92.4 Å². The first kappa shape index (κ1) is 16.5. The molecule has 0 aliphatic rings. The van der Waals surface area contributed by atoms with Gasteiger partial charge in [0, 0.05) is 17.0 Å². The van der Waals surface area contributed by atoms with Crippen molar-refractivity contribution in [2.24, 2.45) is 11.7 Å². The van der Waals surface area contributed by atoms with Gasteiger partial charge in [-0.15, -0.1) is 0 Å². The van der Waals surface area contributed by atoms with E-state index in [4.69, 9.17) is 17.3 Å². The predicted molar refractivity (Wildman–Crippen MR) is 77.4 cm³/mol. The molecule has 0 aliphatic carbocycles. The minimum atomic E-state index is -1.14. The molecule has 1 rings (SSSR count). The third-order valence-corrected chi connectivity index (χ3v) is 3.38. The van der Waals surface area contributed by atoms with Crippen molar-refractivity contribution in [3.8, 4) is 0 Å². The van der Waals surface area contributed by atoms with Crippen LogP contribution in [0.1, 0.15) is 31.4 Å². The number of hydrogen-bond donors (Lipinski definition) is 3. The molecular formula is C14H19ClN2O3. The van der Waals surface area contributed by atoms with E-state index < -0.39 is 12.0 Å². The van der Waals surface area contributed by atoms with Gasteiger partial charge in [0.2, 0.25) is 5.91 Å². The monoisotopic (exact) mass is 298 g/mol. The van der Waals surface area contributed by atoms with Crippen molar-refractivity contribution in [2.45, 2.75) is 25.8 Å². The van der Waals surface area contributed by atoms with E-state index >= 15 is 0 Å². The molecule has 1 unspecified atom stereocenters. The first-order valence-electron chi connectivity index (χ1n) is 6.42. The maximum Gasteiger partial charge on any atom is 0.330 e. The lowest BCUT2D eigenvalue weighted by Crippen LogP contribution is -2.34. The van der Waals surface area contributed by atoms with E-state index in [1.807, 2.05) is 6.92 Å². The second-order valence-electron chi connectivity index (χ2n) is 4.74. The number of aliphatic carboxylic acids is 1. The molecule has 1 aromatic carbocycles. The molecule has 0 bridgehead atoms. The fraction of sp³-hybridized carbons (Fsp3) is 0.429. The highest BCUT2D eigenvalue weighted by Gasteiger charge is 2.24. The van der Waals surface area contributed by atoms with E-state index in [-0.39, 0.29) is 18.2 Å². The van der Waals surface area contributed by atoms with Crippen LogP contribution in [0.15, 0.2) is 24.3 Å². The van der Waals surface area contributed by atoms with Gasteiger partial charge in [-0.05, 0) is 24.9 Å². The number of carboxylic acids is 1. The van der Waals surface area contributed by atoms with Gasteiger partial charge in [-0.2, -0.15) is 0 Å². The summed E-state index contributed by atoms with van der Waals surface area (Å²) in [5.41, 5.74) is 5.85. The fourth-order valence-electron chi connectivity index (χ4n) is 1.71. The molecular weight excluding hydrogens is 280 g/mol. The average Bonchev–Trinajstić information content (AvgIpc) is 2.42. The second kappa shape index (κ2) is 7.87. The van der Waals surface area contributed by atoms with Crippen LogP contribution in [0.4, 0.5) is 0 Å². The van der Waals surface area contributed by atoms with Crippen LogP contribution < -0.4 is 11.1 Å². The number of nitrogens with two attached hydrogens (primary N) is 1. The summed E-state index contributed by atoms with van der Waals surface area (Å²) in [5, 5.41) is 12.0. The quantitative estimate of drug-likeness (QED) is 0.717. The number of amides is 1. The molecule has 6 heteroatoms. The number of carboxylic acid groups (broad SMARTS) is 1. The maximum absolute atomic E-state index is 11.8. The summed E-state index contributed by atoms with van der Waals surface area (Å²) in [6.07, 6.45) is 0.865. The molecule has 0 saturated carbocycles. The van der Waals surface area contributed by atoms with Crippen molar-refractivity contribution in [3.05, 3.63) is 34.9 Å². The zero-order chi connectivity index (χ0) is 15.1.